The molecule has 1 N–H and O–H groups in total. The van der Waals surface area contributed by atoms with Crippen LogP contribution in [0.3, 0.4) is 0 Å². The Balaban J connectivity index is 1.24. The number of likely N-dealkylation sites (tertiary alicyclic amines) is 2. The van der Waals surface area contributed by atoms with Crippen LogP contribution in [-0.4, -0.2) is 64.5 Å². The normalized spacial score (nSPS) is 22.4. The smallest absolute Gasteiger partial charge is 0.411 e. The highest BCUT2D eigenvalue weighted by atomic mass is 19.1. The Bertz CT molecular complexity index is 1360. The molecule has 2 heterocycles. The summed E-state index contributed by atoms with van der Waals surface area (Å²) in [6.45, 7) is 6.91. The molecule has 1 aliphatic carbocycles. The van der Waals surface area contributed by atoms with Crippen molar-refractivity contribution in [2.45, 2.75) is 83.0 Å². The standard InChI is InChI=1S/C32H37FN4O4/c1-32(2,3)41-31(40)37-26-13-12-24(17-26)28(37)29(38)35-25(19-34)16-23-11-10-22(18-27(23)33)20-6-8-21(9-7-20)30(39)36-14-4-5-15-36/h6-11,18,24-26,28H,4-5,12-17H2,1-3H3,(H,35,38). The van der Waals surface area contributed by atoms with Gasteiger partial charge in [-0.05, 0) is 93.7 Å². The molecular weight excluding hydrogens is 523 g/mol. The molecule has 0 radical (unpaired) electrons. The molecule has 2 saturated heterocycles. The van der Waals surface area contributed by atoms with Crippen LogP contribution in [-0.2, 0) is 16.0 Å². The zero-order valence-electron chi connectivity index (χ0n) is 23.9. The van der Waals surface area contributed by atoms with E-state index in [1.54, 1.807) is 45.0 Å². The number of carbonyl (C=O) groups excluding carboxylic acids is 3. The van der Waals surface area contributed by atoms with E-state index in [1.165, 1.54) is 11.0 Å². The number of carbonyl (C=O) groups is 3. The molecule has 3 fully saturated rings. The molecule has 0 aromatic heterocycles. The molecule has 2 aromatic rings. The lowest BCUT2D eigenvalue weighted by atomic mass is 9.96. The van der Waals surface area contributed by atoms with Gasteiger partial charge in [-0.1, -0.05) is 24.3 Å². The third-order valence-electron chi connectivity index (χ3n) is 8.27. The van der Waals surface area contributed by atoms with E-state index in [4.69, 9.17) is 4.74 Å². The third kappa shape index (κ3) is 6.22. The van der Waals surface area contributed by atoms with Crippen LogP contribution in [0.25, 0.3) is 11.1 Å². The summed E-state index contributed by atoms with van der Waals surface area (Å²) in [5, 5.41) is 12.5. The van der Waals surface area contributed by atoms with Gasteiger partial charge in [0.15, 0.2) is 0 Å². The molecule has 41 heavy (non-hydrogen) atoms. The molecule has 216 valence electrons. The first-order chi connectivity index (χ1) is 19.5. The van der Waals surface area contributed by atoms with Crippen molar-refractivity contribution < 1.29 is 23.5 Å². The van der Waals surface area contributed by atoms with Crippen molar-refractivity contribution in [3.8, 4) is 17.2 Å². The van der Waals surface area contributed by atoms with Gasteiger partial charge in [-0.3, -0.25) is 14.5 Å². The van der Waals surface area contributed by atoms with Crippen LogP contribution in [0.15, 0.2) is 42.5 Å². The number of rotatable bonds is 6. The molecule has 8 nitrogen and oxygen atoms in total. The fraction of sp³-hybridized carbons (Fsp3) is 0.500. The number of benzene rings is 2. The van der Waals surface area contributed by atoms with Crippen LogP contribution in [0.4, 0.5) is 9.18 Å². The lowest BCUT2D eigenvalue weighted by Gasteiger charge is -2.35. The zero-order valence-corrected chi connectivity index (χ0v) is 23.9. The van der Waals surface area contributed by atoms with Crippen molar-refractivity contribution in [1.82, 2.24) is 15.1 Å². The van der Waals surface area contributed by atoms with Gasteiger partial charge in [0.2, 0.25) is 5.91 Å². The Hall–Kier alpha value is -3.93. The Kier molecular flexibility index (Phi) is 8.03. The number of hydrogen-bond donors (Lipinski definition) is 1. The number of ether oxygens (including phenoxy) is 1. The Morgan fingerprint density at radius 2 is 1.76 bits per heavy atom. The van der Waals surface area contributed by atoms with E-state index in [0.717, 1.165) is 50.8 Å². The number of amides is 3. The summed E-state index contributed by atoms with van der Waals surface area (Å²) in [6, 6.07) is 12.3. The lowest BCUT2D eigenvalue weighted by Crippen LogP contribution is -2.55. The van der Waals surface area contributed by atoms with Crippen molar-refractivity contribution in [2.24, 2.45) is 5.92 Å². The minimum Gasteiger partial charge on any atom is -0.444 e. The molecule has 5 rings (SSSR count). The number of hydrogen-bond acceptors (Lipinski definition) is 5. The zero-order chi connectivity index (χ0) is 29.3. The fourth-order valence-electron chi connectivity index (χ4n) is 6.31. The Labute approximate surface area is 240 Å². The quantitative estimate of drug-likeness (QED) is 0.532. The molecule has 3 amide bonds. The van der Waals surface area contributed by atoms with Gasteiger partial charge in [-0.15, -0.1) is 0 Å². The first-order valence-corrected chi connectivity index (χ1v) is 14.4. The summed E-state index contributed by atoms with van der Waals surface area (Å²) in [7, 11) is 0. The average Bonchev–Trinajstić information content (AvgIpc) is 3.71. The molecule has 0 spiro atoms. The van der Waals surface area contributed by atoms with Gasteiger partial charge in [0, 0.05) is 31.1 Å². The van der Waals surface area contributed by atoms with Crippen molar-refractivity contribution in [1.29, 1.82) is 5.26 Å². The first-order valence-electron chi connectivity index (χ1n) is 14.4. The monoisotopic (exact) mass is 560 g/mol. The summed E-state index contributed by atoms with van der Waals surface area (Å²) in [6.07, 6.45) is 3.92. The summed E-state index contributed by atoms with van der Waals surface area (Å²) < 4.78 is 20.7. The van der Waals surface area contributed by atoms with Crippen LogP contribution >= 0.6 is 0 Å². The third-order valence-corrected chi connectivity index (χ3v) is 8.27. The summed E-state index contributed by atoms with van der Waals surface area (Å²) in [5.74, 6) is -0.862. The summed E-state index contributed by atoms with van der Waals surface area (Å²) in [4.78, 5) is 42.2. The number of nitrogens with zero attached hydrogens (tertiary/aromatic N) is 3. The van der Waals surface area contributed by atoms with E-state index in [2.05, 4.69) is 11.4 Å². The van der Waals surface area contributed by atoms with Gasteiger partial charge >= 0.3 is 6.09 Å². The van der Waals surface area contributed by atoms with E-state index in [1.807, 2.05) is 17.0 Å². The van der Waals surface area contributed by atoms with Crippen LogP contribution < -0.4 is 5.32 Å². The van der Waals surface area contributed by atoms with E-state index in [0.29, 0.717) is 16.7 Å². The van der Waals surface area contributed by atoms with Crippen molar-refractivity contribution in [2.75, 3.05) is 13.1 Å². The van der Waals surface area contributed by atoms with Gasteiger partial charge in [0.25, 0.3) is 5.91 Å². The minimum absolute atomic E-state index is 0.00905. The molecule has 4 atom stereocenters. The topological polar surface area (TPSA) is 103 Å². The van der Waals surface area contributed by atoms with Crippen molar-refractivity contribution in [3.63, 3.8) is 0 Å². The van der Waals surface area contributed by atoms with Crippen LogP contribution in [0.1, 0.15) is 68.8 Å². The fourth-order valence-corrected chi connectivity index (χ4v) is 6.31. The molecule has 2 aromatic carbocycles. The van der Waals surface area contributed by atoms with Crippen LogP contribution in [0, 0.1) is 23.1 Å². The first kappa shape index (κ1) is 28.6. The Morgan fingerprint density at radius 1 is 1.07 bits per heavy atom. The summed E-state index contributed by atoms with van der Waals surface area (Å²) >= 11 is 0. The van der Waals surface area contributed by atoms with Crippen LogP contribution in [0.5, 0.6) is 0 Å². The highest BCUT2D eigenvalue weighted by Crippen LogP contribution is 2.43. The second-order valence-electron chi connectivity index (χ2n) is 12.3. The number of halogens is 1. The van der Waals surface area contributed by atoms with Crippen molar-refractivity contribution in [3.05, 3.63) is 59.4 Å². The van der Waals surface area contributed by atoms with Crippen LogP contribution in [0.2, 0.25) is 0 Å². The predicted octanol–water partition coefficient (Wildman–Crippen LogP) is 5.07. The van der Waals surface area contributed by atoms with Gasteiger partial charge in [-0.25, -0.2) is 9.18 Å². The number of fused-ring (bicyclic) bond motifs is 2. The van der Waals surface area contributed by atoms with Gasteiger partial charge in [0.1, 0.15) is 23.5 Å². The van der Waals surface area contributed by atoms with E-state index in [-0.39, 0.29) is 24.3 Å². The molecule has 2 bridgehead atoms. The van der Waals surface area contributed by atoms with E-state index >= 15 is 4.39 Å². The minimum atomic E-state index is -0.960. The van der Waals surface area contributed by atoms with E-state index < -0.39 is 35.5 Å². The average molecular weight is 561 g/mol. The van der Waals surface area contributed by atoms with Gasteiger partial charge in [-0.2, -0.15) is 5.26 Å². The SMILES string of the molecule is CC(C)(C)OC(=O)N1C2CCC(C2)C1C(=O)NC(C#N)Cc1ccc(-c2ccc(C(=O)N3CCCC3)cc2)cc1F. The second kappa shape index (κ2) is 11.5. The molecular formula is C32H37FN4O4. The lowest BCUT2D eigenvalue weighted by molar-refractivity contribution is -0.128. The second-order valence-corrected chi connectivity index (χ2v) is 12.3. The van der Waals surface area contributed by atoms with E-state index in [9.17, 15) is 19.6 Å². The predicted molar refractivity (Wildman–Crippen MR) is 151 cm³/mol. The number of piperidine rings is 1. The number of nitriles is 1. The van der Waals surface area contributed by atoms with Gasteiger partial charge in [0.05, 0.1) is 6.07 Å². The molecule has 2 aliphatic heterocycles. The maximum absolute atomic E-state index is 15.2. The maximum Gasteiger partial charge on any atom is 0.411 e. The largest absolute Gasteiger partial charge is 0.444 e. The molecule has 9 heteroatoms. The van der Waals surface area contributed by atoms with Crippen molar-refractivity contribution >= 4 is 17.9 Å². The Morgan fingerprint density at radius 3 is 2.39 bits per heavy atom. The highest BCUT2D eigenvalue weighted by molar-refractivity contribution is 5.95. The maximum atomic E-state index is 15.2. The number of nitrogens with one attached hydrogen (secondary N) is 1. The molecule has 4 unspecified atom stereocenters. The van der Waals surface area contributed by atoms with Gasteiger partial charge < -0.3 is 15.0 Å². The highest BCUT2D eigenvalue weighted by Gasteiger charge is 2.52. The summed E-state index contributed by atoms with van der Waals surface area (Å²) in [5.41, 5.74) is 1.65. The molecule has 3 aliphatic rings. The molecule has 1 saturated carbocycles.